The van der Waals surface area contributed by atoms with Crippen molar-refractivity contribution >= 4 is 22.7 Å². The van der Waals surface area contributed by atoms with E-state index in [1.165, 1.54) is 13.2 Å². The third-order valence-electron chi connectivity index (χ3n) is 7.30. The number of likely N-dealkylation sites (tertiary alicyclic amines) is 1. The van der Waals surface area contributed by atoms with Crippen molar-refractivity contribution in [1.82, 2.24) is 9.88 Å². The molecule has 9 nitrogen and oxygen atoms in total. The van der Waals surface area contributed by atoms with Gasteiger partial charge in [0.25, 0.3) is 0 Å². The molecule has 4 heterocycles. The summed E-state index contributed by atoms with van der Waals surface area (Å²) >= 11 is 0. The van der Waals surface area contributed by atoms with Crippen molar-refractivity contribution in [2.45, 2.75) is 18.6 Å². The van der Waals surface area contributed by atoms with Gasteiger partial charge in [-0.15, -0.1) is 0 Å². The van der Waals surface area contributed by atoms with Crippen molar-refractivity contribution < 1.29 is 33.2 Å². The van der Waals surface area contributed by atoms with Gasteiger partial charge in [-0.2, -0.15) is 0 Å². The van der Waals surface area contributed by atoms with Crippen molar-refractivity contribution in [1.29, 1.82) is 0 Å². The van der Waals surface area contributed by atoms with Crippen LogP contribution in [0.2, 0.25) is 0 Å². The van der Waals surface area contributed by atoms with Gasteiger partial charge in [0.05, 0.1) is 24.4 Å². The van der Waals surface area contributed by atoms with Gasteiger partial charge in [0.15, 0.2) is 11.5 Å². The molecule has 2 saturated heterocycles. The highest BCUT2D eigenvalue weighted by Gasteiger charge is 2.40. The summed E-state index contributed by atoms with van der Waals surface area (Å²) in [7, 11) is 1.49. The molecule has 0 aliphatic carbocycles. The van der Waals surface area contributed by atoms with Gasteiger partial charge in [-0.05, 0) is 43.3 Å². The molecule has 0 radical (unpaired) electrons. The fraction of sp³-hybridized carbons (Fsp3) is 0.407. The van der Waals surface area contributed by atoms with E-state index in [0.29, 0.717) is 61.4 Å². The molecule has 1 aromatic heterocycles. The minimum absolute atomic E-state index is 0.138. The number of hydrogen-bond acceptors (Lipinski definition) is 8. The number of fused-ring (bicyclic) bond motifs is 3. The number of ether oxygens (including phenoxy) is 4. The zero-order valence-electron chi connectivity index (χ0n) is 20.4. The minimum atomic E-state index is -1.10. The molecule has 1 amide bonds. The maximum absolute atomic E-state index is 14.8. The SMILES string of the molecule is COc1ccc2ccc(F)c(C(O)CN3CCC4CN(c5ccc6c(c5)OCCO6)C(=O)OC4C3)c2n1. The Morgan fingerprint density at radius 2 is 1.95 bits per heavy atom. The number of pyridine rings is 1. The molecule has 0 saturated carbocycles. The Balaban J connectivity index is 1.14. The number of β-amino-alcohol motifs (C(OH)–C–C–N with tert-alkyl or cyclic N) is 1. The van der Waals surface area contributed by atoms with Crippen LogP contribution in [0.3, 0.4) is 0 Å². The van der Waals surface area contributed by atoms with Crippen LogP contribution in [-0.2, 0) is 4.74 Å². The average Bonchev–Trinajstić information content (AvgIpc) is 2.91. The number of nitrogens with zero attached hydrogens (tertiary/aromatic N) is 3. The smallest absolute Gasteiger partial charge is 0.414 e. The van der Waals surface area contributed by atoms with Gasteiger partial charge >= 0.3 is 6.09 Å². The number of aliphatic hydroxyl groups excluding tert-OH is 1. The number of halogens is 1. The number of carbonyl (C=O) groups excluding carboxylic acids is 1. The van der Waals surface area contributed by atoms with E-state index in [4.69, 9.17) is 18.9 Å². The Hall–Kier alpha value is -3.63. The summed E-state index contributed by atoms with van der Waals surface area (Å²) in [5, 5.41) is 11.8. The van der Waals surface area contributed by atoms with E-state index in [1.54, 1.807) is 23.1 Å². The minimum Gasteiger partial charge on any atom is -0.486 e. The van der Waals surface area contributed by atoms with Crippen LogP contribution in [0, 0.1) is 11.7 Å². The van der Waals surface area contributed by atoms with Crippen LogP contribution in [0.5, 0.6) is 17.4 Å². The Morgan fingerprint density at radius 3 is 2.78 bits per heavy atom. The number of benzene rings is 2. The molecule has 3 aliphatic heterocycles. The van der Waals surface area contributed by atoms with Gasteiger partial charge in [0.1, 0.15) is 25.1 Å². The van der Waals surface area contributed by atoms with Crippen molar-refractivity contribution in [3.63, 3.8) is 0 Å². The molecule has 2 fully saturated rings. The lowest BCUT2D eigenvalue weighted by atomic mass is 9.91. The fourth-order valence-corrected chi connectivity index (χ4v) is 5.38. The van der Waals surface area contributed by atoms with Gasteiger partial charge in [-0.25, -0.2) is 14.2 Å². The third kappa shape index (κ3) is 4.51. The number of rotatable bonds is 5. The number of amides is 1. The van der Waals surface area contributed by atoms with Crippen molar-refractivity contribution in [3.8, 4) is 17.4 Å². The molecule has 2 aromatic carbocycles. The molecule has 37 heavy (non-hydrogen) atoms. The number of aliphatic hydroxyl groups is 1. The van der Waals surface area contributed by atoms with E-state index in [1.807, 2.05) is 23.1 Å². The average molecular weight is 510 g/mol. The fourth-order valence-electron chi connectivity index (χ4n) is 5.38. The zero-order valence-corrected chi connectivity index (χ0v) is 20.4. The molecule has 0 bridgehead atoms. The van der Waals surface area contributed by atoms with Crippen LogP contribution >= 0.6 is 0 Å². The summed E-state index contributed by atoms with van der Waals surface area (Å²) in [4.78, 5) is 20.9. The lowest BCUT2D eigenvalue weighted by molar-refractivity contribution is -0.0188. The third-order valence-corrected chi connectivity index (χ3v) is 7.30. The number of piperidine rings is 1. The van der Waals surface area contributed by atoms with Crippen molar-refractivity contribution in [3.05, 3.63) is 53.8 Å². The number of hydrogen-bond donors (Lipinski definition) is 1. The highest BCUT2D eigenvalue weighted by atomic mass is 19.1. The normalized spacial score (nSPS) is 22.4. The highest BCUT2D eigenvalue weighted by Crippen LogP contribution is 2.37. The van der Waals surface area contributed by atoms with E-state index in [0.717, 1.165) is 11.8 Å². The molecule has 194 valence electrons. The first kappa shape index (κ1) is 23.7. The Kier molecular flexibility index (Phi) is 6.21. The van der Waals surface area contributed by atoms with E-state index < -0.39 is 18.0 Å². The summed E-state index contributed by atoms with van der Waals surface area (Å²) in [5.74, 6) is 1.26. The quantitative estimate of drug-likeness (QED) is 0.559. The van der Waals surface area contributed by atoms with Gasteiger partial charge in [-0.3, -0.25) is 9.80 Å². The van der Waals surface area contributed by atoms with E-state index in [9.17, 15) is 14.3 Å². The van der Waals surface area contributed by atoms with Crippen LogP contribution in [0.1, 0.15) is 18.1 Å². The maximum Gasteiger partial charge on any atom is 0.414 e. The molecule has 10 heteroatoms. The number of methoxy groups -OCH3 is 1. The molecule has 3 atom stereocenters. The van der Waals surface area contributed by atoms with Crippen molar-refractivity contribution in [2.75, 3.05) is 51.4 Å². The van der Waals surface area contributed by atoms with Gasteiger partial charge in [0.2, 0.25) is 5.88 Å². The first-order valence-electron chi connectivity index (χ1n) is 12.4. The van der Waals surface area contributed by atoms with Crippen LogP contribution < -0.4 is 19.1 Å². The van der Waals surface area contributed by atoms with Gasteiger partial charge in [-0.1, -0.05) is 0 Å². The summed E-state index contributed by atoms with van der Waals surface area (Å²) in [6, 6.07) is 11.9. The molecule has 0 spiro atoms. The number of anilines is 1. The second-order valence-corrected chi connectivity index (χ2v) is 9.57. The summed E-state index contributed by atoms with van der Waals surface area (Å²) in [5.41, 5.74) is 1.23. The Bertz CT molecular complexity index is 1340. The van der Waals surface area contributed by atoms with Crippen LogP contribution in [0.15, 0.2) is 42.5 Å². The standard InChI is InChI=1S/C27H28FN3O6/c1-34-24-7-3-16-2-5-19(28)25(26(16)29-24)20(32)14-30-9-8-17-13-31(27(33)37-23(17)15-30)18-4-6-21-22(12-18)36-11-10-35-21/h2-7,12,17,20,23,32H,8-11,13-15H2,1H3. The van der Waals surface area contributed by atoms with E-state index in [-0.39, 0.29) is 24.1 Å². The maximum atomic E-state index is 14.8. The molecule has 6 rings (SSSR count). The topological polar surface area (TPSA) is 93.6 Å². The Labute approximate surface area is 213 Å². The van der Waals surface area contributed by atoms with E-state index in [2.05, 4.69) is 4.98 Å². The number of aromatic nitrogens is 1. The second kappa shape index (κ2) is 9.68. The van der Waals surface area contributed by atoms with Gasteiger partial charge < -0.3 is 24.1 Å². The number of carbonyl (C=O) groups is 1. The predicted molar refractivity (Wildman–Crippen MR) is 133 cm³/mol. The molecule has 3 unspecified atom stereocenters. The Morgan fingerprint density at radius 1 is 1.14 bits per heavy atom. The lowest BCUT2D eigenvalue weighted by Crippen LogP contribution is -2.56. The molecular formula is C27H28FN3O6. The van der Waals surface area contributed by atoms with E-state index >= 15 is 0 Å². The van der Waals surface area contributed by atoms with Crippen LogP contribution in [0.25, 0.3) is 10.9 Å². The second-order valence-electron chi connectivity index (χ2n) is 9.57. The molecule has 3 aromatic rings. The zero-order chi connectivity index (χ0) is 25.5. The first-order chi connectivity index (χ1) is 18.0. The summed E-state index contributed by atoms with van der Waals surface area (Å²) in [6.07, 6.45) is -1.06. The highest BCUT2D eigenvalue weighted by molar-refractivity contribution is 5.89. The predicted octanol–water partition coefficient (Wildman–Crippen LogP) is 3.53. The molecular weight excluding hydrogens is 481 g/mol. The monoisotopic (exact) mass is 509 g/mol. The molecule has 1 N–H and O–H groups in total. The van der Waals surface area contributed by atoms with Crippen LogP contribution in [-0.4, -0.2) is 73.7 Å². The van der Waals surface area contributed by atoms with Crippen LogP contribution in [0.4, 0.5) is 14.9 Å². The first-order valence-corrected chi connectivity index (χ1v) is 12.4. The lowest BCUT2D eigenvalue weighted by Gasteiger charge is -2.44. The summed E-state index contributed by atoms with van der Waals surface area (Å²) < 4.78 is 37.1. The summed E-state index contributed by atoms with van der Waals surface area (Å²) in [6.45, 7) is 2.85. The molecule has 3 aliphatic rings. The van der Waals surface area contributed by atoms with Crippen molar-refractivity contribution in [2.24, 2.45) is 5.92 Å². The van der Waals surface area contributed by atoms with Gasteiger partial charge in [0, 0.05) is 48.6 Å². The largest absolute Gasteiger partial charge is 0.486 e.